The molecule has 8 nitrogen and oxygen atoms in total. The molecule has 0 aliphatic carbocycles. The van der Waals surface area contributed by atoms with Crippen molar-refractivity contribution in [1.82, 2.24) is 29.7 Å². The van der Waals surface area contributed by atoms with Gasteiger partial charge in [-0.1, -0.05) is 0 Å². The highest BCUT2D eigenvalue weighted by Crippen LogP contribution is 2.39. The zero-order chi connectivity index (χ0) is 24.0. The number of hydrogen-bond donors (Lipinski definition) is 3. The van der Waals surface area contributed by atoms with Crippen LogP contribution >= 0.6 is 0 Å². The van der Waals surface area contributed by atoms with Crippen LogP contribution < -0.4 is 5.32 Å². The van der Waals surface area contributed by atoms with E-state index in [9.17, 15) is 22.7 Å². The van der Waals surface area contributed by atoms with Crippen LogP contribution in [0.25, 0.3) is 38.8 Å². The molecule has 5 rings (SSSR count). The summed E-state index contributed by atoms with van der Waals surface area (Å²) in [4.78, 5) is 15.7. The zero-order valence-electron chi connectivity index (χ0n) is 17.7. The molecule has 0 saturated carbocycles. The number of pyridine rings is 1. The number of rotatable bonds is 5. The van der Waals surface area contributed by atoms with Gasteiger partial charge in [0, 0.05) is 47.8 Å². The van der Waals surface area contributed by atoms with Crippen molar-refractivity contribution in [3.63, 3.8) is 0 Å². The number of aromatic amines is 1. The molecule has 34 heavy (non-hydrogen) atoms. The number of hydrogen-bond acceptors (Lipinski definition) is 6. The molecular formula is C22H17F4N7O. The lowest BCUT2D eigenvalue weighted by molar-refractivity contribution is -0.141. The van der Waals surface area contributed by atoms with Gasteiger partial charge >= 0.3 is 6.18 Å². The summed E-state index contributed by atoms with van der Waals surface area (Å²) in [6.07, 6.45) is 0.862. The van der Waals surface area contributed by atoms with Crippen molar-refractivity contribution >= 4 is 27.6 Å². The zero-order valence-corrected chi connectivity index (χ0v) is 17.7. The van der Waals surface area contributed by atoms with Crippen molar-refractivity contribution in [1.29, 1.82) is 0 Å². The highest BCUT2D eigenvalue weighted by molar-refractivity contribution is 6.15. The molecule has 4 heterocycles. The molecule has 0 amide bonds. The number of nitrogens with one attached hydrogen (secondary N) is 2. The second-order valence-corrected chi connectivity index (χ2v) is 7.46. The predicted octanol–water partition coefficient (Wildman–Crippen LogP) is 4.44. The van der Waals surface area contributed by atoms with E-state index in [1.165, 1.54) is 36.9 Å². The van der Waals surface area contributed by atoms with E-state index in [2.05, 4.69) is 30.4 Å². The molecule has 4 aromatic heterocycles. The fraction of sp³-hybridized carbons (Fsp3) is 0.182. The normalized spacial score (nSPS) is 12.1. The number of benzene rings is 1. The second kappa shape index (κ2) is 8.06. The summed E-state index contributed by atoms with van der Waals surface area (Å²) in [7, 11) is 0. The highest BCUT2D eigenvalue weighted by Gasteiger charge is 2.34. The largest absolute Gasteiger partial charge is 0.435 e. The van der Waals surface area contributed by atoms with E-state index in [1.807, 2.05) is 6.92 Å². The lowest BCUT2D eigenvalue weighted by atomic mass is 10.0. The highest BCUT2D eigenvalue weighted by atomic mass is 19.4. The van der Waals surface area contributed by atoms with Crippen LogP contribution in [-0.4, -0.2) is 41.4 Å². The summed E-state index contributed by atoms with van der Waals surface area (Å²) >= 11 is 0. The van der Waals surface area contributed by atoms with Gasteiger partial charge in [-0.2, -0.15) is 18.3 Å². The molecule has 0 bridgehead atoms. The number of aliphatic hydroxyl groups is 1. The number of anilines is 1. The molecule has 0 aliphatic rings. The Morgan fingerprint density at radius 3 is 2.53 bits per heavy atom. The van der Waals surface area contributed by atoms with E-state index in [-0.39, 0.29) is 18.1 Å². The van der Waals surface area contributed by atoms with E-state index in [0.29, 0.717) is 45.3 Å². The van der Waals surface area contributed by atoms with E-state index in [4.69, 9.17) is 0 Å². The number of halogens is 4. The topological polar surface area (TPSA) is 105 Å². The average molecular weight is 471 g/mol. The summed E-state index contributed by atoms with van der Waals surface area (Å²) in [5, 5.41) is 16.9. The van der Waals surface area contributed by atoms with Gasteiger partial charge in [-0.3, -0.25) is 0 Å². The maximum atomic E-state index is 14.5. The van der Waals surface area contributed by atoms with Gasteiger partial charge in [0.05, 0.1) is 22.3 Å². The standard InChI is InChI=1S/C22H17F4N7O/c1-2-27-15-6-12(23)5-13-18-20(33-4-3-16(32-33)22(24,25)26)14(9-30-21(18)31-19(13)15)11-7-28-17(10-34)29-8-11/h3-9,27,34H,2,10H2,1H3,(H,30,31). The summed E-state index contributed by atoms with van der Waals surface area (Å²) < 4.78 is 55.6. The number of H-pyrrole nitrogens is 1. The third-order valence-electron chi connectivity index (χ3n) is 5.30. The van der Waals surface area contributed by atoms with Gasteiger partial charge in [-0.05, 0) is 25.1 Å². The van der Waals surface area contributed by atoms with Gasteiger partial charge in [0.2, 0.25) is 0 Å². The molecule has 0 spiro atoms. The first-order chi connectivity index (χ1) is 16.3. The van der Waals surface area contributed by atoms with Crippen LogP contribution in [0.15, 0.2) is 43.0 Å². The smallest absolute Gasteiger partial charge is 0.388 e. The third kappa shape index (κ3) is 3.61. The first-order valence-electron chi connectivity index (χ1n) is 10.2. The average Bonchev–Trinajstić information content (AvgIpc) is 3.44. The number of fused-ring (bicyclic) bond motifs is 3. The van der Waals surface area contributed by atoms with Crippen LogP contribution in [0.3, 0.4) is 0 Å². The van der Waals surface area contributed by atoms with Gasteiger partial charge in [-0.15, -0.1) is 0 Å². The number of nitrogens with zero attached hydrogens (tertiary/aromatic N) is 5. The Labute approximate surface area is 189 Å². The van der Waals surface area contributed by atoms with E-state index in [1.54, 1.807) is 0 Å². The molecule has 0 unspecified atom stereocenters. The third-order valence-corrected chi connectivity index (χ3v) is 5.30. The molecule has 0 atom stereocenters. The fourth-order valence-corrected chi connectivity index (χ4v) is 3.86. The summed E-state index contributed by atoms with van der Waals surface area (Å²) in [6, 6.07) is 3.49. The Kier molecular flexibility index (Phi) is 5.16. The molecule has 174 valence electrons. The van der Waals surface area contributed by atoms with Crippen molar-refractivity contribution in [2.75, 3.05) is 11.9 Å². The summed E-state index contributed by atoms with van der Waals surface area (Å²) in [5.74, 6) is -0.338. The molecule has 1 aromatic carbocycles. The van der Waals surface area contributed by atoms with Gasteiger partial charge in [0.25, 0.3) is 0 Å². The van der Waals surface area contributed by atoms with Crippen molar-refractivity contribution in [2.24, 2.45) is 0 Å². The van der Waals surface area contributed by atoms with Gasteiger partial charge in [0.1, 0.15) is 18.1 Å². The van der Waals surface area contributed by atoms with Crippen LogP contribution in [0.1, 0.15) is 18.4 Å². The van der Waals surface area contributed by atoms with Crippen molar-refractivity contribution in [2.45, 2.75) is 19.7 Å². The van der Waals surface area contributed by atoms with Crippen LogP contribution in [0, 0.1) is 5.82 Å². The van der Waals surface area contributed by atoms with Crippen LogP contribution in [0.2, 0.25) is 0 Å². The molecule has 0 radical (unpaired) electrons. The first-order valence-corrected chi connectivity index (χ1v) is 10.2. The maximum absolute atomic E-state index is 14.5. The van der Waals surface area contributed by atoms with Gasteiger partial charge in [-0.25, -0.2) is 24.0 Å². The van der Waals surface area contributed by atoms with E-state index in [0.717, 1.165) is 10.7 Å². The van der Waals surface area contributed by atoms with Gasteiger partial charge in [0.15, 0.2) is 11.5 Å². The molecule has 3 N–H and O–H groups in total. The van der Waals surface area contributed by atoms with E-state index < -0.39 is 17.7 Å². The summed E-state index contributed by atoms with van der Waals surface area (Å²) in [6.45, 7) is 2.02. The minimum atomic E-state index is -4.64. The Morgan fingerprint density at radius 1 is 1.12 bits per heavy atom. The number of alkyl halides is 3. The first kappa shape index (κ1) is 21.8. The lowest BCUT2D eigenvalue weighted by Crippen LogP contribution is -2.08. The molecule has 0 saturated heterocycles. The Morgan fingerprint density at radius 2 is 1.88 bits per heavy atom. The van der Waals surface area contributed by atoms with Crippen molar-refractivity contribution in [3.8, 4) is 16.8 Å². The monoisotopic (exact) mass is 471 g/mol. The lowest BCUT2D eigenvalue weighted by Gasteiger charge is -2.12. The van der Waals surface area contributed by atoms with Crippen LogP contribution in [0.4, 0.5) is 23.2 Å². The van der Waals surface area contributed by atoms with Crippen molar-refractivity contribution < 1.29 is 22.7 Å². The minimum absolute atomic E-state index is 0.183. The maximum Gasteiger partial charge on any atom is 0.435 e. The second-order valence-electron chi connectivity index (χ2n) is 7.46. The van der Waals surface area contributed by atoms with E-state index >= 15 is 0 Å². The molecule has 0 fully saturated rings. The summed E-state index contributed by atoms with van der Waals surface area (Å²) in [5.41, 5.74) is 1.38. The molecule has 5 aromatic rings. The van der Waals surface area contributed by atoms with Crippen LogP contribution in [0.5, 0.6) is 0 Å². The van der Waals surface area contributed by atoms with Crippen LogP contribution in [-0.2, 0) is 12.8 Å². The predicted molar refractivity (Wildman–Crippen MR) is 117 cm³/mol. The Bertz CT molecular complexity index is 1510. The van der Waals surface area contributed by atoms with Gasteiger partial charge < -0.3 is 15.4 Å². The molecule has 0 aliphatic heterocycles. The Hall–Kier alpha value is -4.06. The molecule has 12 heteroatoms. The molecular weight excluding hydrogens is 454 g/mol. The number of aromatic nitrogens is 6. The fourth-order valence-electron chi connectivity index (χ4n) is 3.86. The minimum Gasteiger partial charge on any atom is -0.388 e. The quantitative estimate of drug-likeness (QED) is 0.328. The number of aliphatic hydroxyl groups excluding tert-OH is 1. The van der Waals surface area contributed by atoms with Crippen molar-refractivity contribution in [3.05, 3.63) is 60.3 Å². The SMILES string of the molecule is CCNc1cc(F)cc2c1[nH]c1ncc(-c3cnc(CO)nc3)c(-n3ccc(C(F)(F)F)n3)c12. The Balaban J connectivity index is 1.87.